The van der Waals surface area contributed by atoms with Crippen molar-refractivity contribution in [3.8, 4) is 5.75 Å². The van der Waals surface area contributed by atoms with Crippen LogP contribution in [0.3, 0.4) is 0 Å². The minimum absolute atomic E-state index is 0.234. The van der Waals surface area contributed by atoms with Gasteiger partial charge in [0.05, 0.1) is 11.8 Å². The minimum Gasteiger partial charge on any atom is -0.421 e. The molecule has 0 spiro atoms. The molecule has 1 heterocycles. The summed E-state index contributed by atoms with van der Waals surface area (Å²) in [7, 11) is 0. The first-order valence-corrected chi connectivity index (χ1v) is 8.11. The van der Waals surface area contributed by atoms with Crippen LogP contribution in [0.1, 0.15) is 27.2 Å². The molecule has 136 valence electrons. The second-order valence-electron chi connectivity index (χ2n) is 5.83. The number of benzene rings is 2. The van der Waals surface area contributed by atoms with Crippen molar-refractivity contribution >= 4 is 23.8 Å². The maximum atomic E-state index is 12.0. The first kappa shape index (κ1) is 18.1. The number of carbonyl (C=O) groups excluding carboxylic acids is 1. The fraction of sp³-hybridized carbons (Fsp3) is 0.100. The van der Waals surface area contributed by atoms with Crippen LogP contribution in [0.2, 0.25) is 0 Å². The summed E-state index contributed by atoms with van der Waals surface area (Å²) in [5.41, 5.74) is 4.02. The number of furan rings is 1. The highest BCUT2D eigenvalue weighted by molar-refractivity contribution is 5.88. The topological polar surface area (TPSA) is 94.9 Å². The van der Waals surface area contributed by atoms with Crippen molar-refractivity contribution in [3.63, 3.8) is 0 Å². The standard InChI is InChI=1S/C20H16N2O5/c1-13-4-3-5-17(14(13)2)21-12-15-6-8-16(9-7-15)26-20(23)18-10-11-19(27-18)22(24)25/h3-12H,1-2H3. The smallest absolute Gasteiger partial charge is 0.421 e. The monoisotopic (exact) mass is 364 g/mol. The van der Waals surface area contributed by atoms with Gasteiger partial charge in [0.15, 0.2) is 0 Å². The Morgan fingerprint density at radius 3 is 2.52 bits per heavy atom. The van der Waals surface area contributed by atoms with E-state index in [1.54, 1.807) is 30.5 Å². The molecule has 0 aliphatic rings. The van der Waals surface area contributed by atoms with E-state index in [4.69, 9.17) is 9.15 Å². The second kappa shape index (κ2) is 7.65. The molecule has 0 N–H and O–H groups in total. The number of aryl methyl sites for hydroxylation is 1. The molecule has 1 aromatic heterocycles. The van der Waals surface area contributed by atoms with Crippen LogP contribution in [-0.2, 0) is 0 Å². The summed E-state index contributed by atoms with van der Waals surface area (Å²) in [5.74, 6) is -1.26. The Hall–Kier alpha value is -3.74. The van der Waals surface area contributed by atoms with Gasteiger partial charge < -0.3 is 9.15 Å². The van der Waals surface area contributed by atoms with Crippen LogP contribution >= 0.6 is 0 Å². The third kappa shape index (κ3) is 4.27. The van der Waals surface area contributed by atoms with Gasteiger partial charge in [0.25, 0.3) is 0 Å². The number of esters is 1. The average molecular weight is 364 g/mol. The van der Waals surface area contributed by atoms with Gasteiger partial charge in [-0.2, -0.15) is 0 Å². The molecule has 0 bridgehead atoms. The Bertz CT molecular complexity index is 1020. The lowest BCUT2D eigenvalue weighted by atomic mass is 10.1. The van der Waals surface area contributed by atoms with E-state index < -0.39 is 16.8 Å². The van der Waals surface area contributed by atoms with Crippen LogP contribution in [0.25, 0.3) is 0 Å². The van der Waals surface area contributed by atoms with Crippen LogP contribution in [0.5, 0.6) is 5.75 Å². The molecule has 0 radical (unpaired) electrons. The number of ether oxygens (including phenoxy) is 1. The highest BCUT2D eigenvalue weighted by atomic mass is 16.7. The lowest BCUT2D eigenvalue weighted by Gasteiger charge is -2.04. The summed E-state index contributed by atoms with van der Waals surface area (Å²) in [6.07, 6.45) is 1.73. The molecule has 0 saturated heterocycles. The molecule has 0 aliphatic carbocycles. The van der Waals surface area contributed by atoms with Crippen molar-refractivity contribution in [3.05, 3.63) is 87.2 Å². The Labute approximate surface area is 155 Å². The van der Waals surface area contributed by atoms with Crippen molar-refractivity contribution < 1.29 is 18.9 Å². The van der Waals surface area contributed by atoms with E-state index in [0.717, 1.165) is 22.9 Å². The highest BCUT2D eigenvalue weighted by Gasteiger charge is 2.18. The number of aliphatic imine (C=N–C) groups is 1. The van der Waals surface area contributed by atoms with Gasteiger partial charge in [-0.15, -0.1) is 0 Å². The van der Waals surface area contributed by atoms with Gasteiger partial charge in [-0.05, 0) is 66.9 Å². The van der Waals surface area contributed by atoms with E-state index in [2.05, 4.69) is 4.99 Å². The van der Waals surface area contributed by atoms with Gasteiger partial charge in [-0.3, -0.25) is 15.1 Å². The van der Waals surface area contributed by atoms with Crippen molar-refractivity contribution in [2.75, 3.05) is 0 Å². The summed E-state index contributed by atoms with van der Waals surface area (Å²) in [6.45, 7) is 4.05. The molecule has 0 unspecified atom stereocenters. The fourth-order valence-electron chi connectivity index (χ4n) is 2.33. The normalized spacial score (nSPS) is 10.9. The Kier molecular flexibility index (Phi) is 5.12. The van der Waals surface area contributed by atoms with Gasteiger partial charge in [0.1, 0.15) is 10.7 Å². The maximum absolute atomic E-state index is 12.0. The predicted octanol–water partition coefficient (Wildman–Crippen LogP) is 4.77. The van der Waals surface area contributed by atoms with Gasteiger partial charge in [0.2, 0.25) is 5.76 Å². The summed E-state index contributed by atoms with van der Waals surface area (Å²) in [6, 6.07) is 15.0. The first-order valence-electron chi connectivity index (χ1n) is 8.11. The summed E-state index contributed by atoms with van der Waals surface area (Å²) in [4.78, 5) is 26.3. The zero-order valence-corrected chi connectivity index (χ0v) is 14.7. The van der Waals surface area contributed by atoms with E-state index in [1.807, 2.05) is 32.0 Å². The van der Waals surface area contributed by atoms with E-state index in [0.29, 0.717) is 5.75 Å². The average Bonchev–Trinajstić information content (AvgIpc) is 3.15. The first-order chi connectivity index (χ1) is 12.9. The van der Waals surface area contributed by atoms with Gasteiger partial charge in [-0.1, -0.05) is 12.1 Å². The third-order valence-corrected chi connectivity index (χ3v) is 3.99. The largest absolute Gasteiger partial charge is 0.433 e. The number of nitrogens with zero attached hydrogens (tertiary/aromatic N) is 2. The molecule has 2 aromatic carbocycles. The molecule has 27 heavy (non-hydrogen) atoms. The number of nitro groups is 1. The van der Waals surface area contributed by atoms with Gasteiger partial charge in [0, 0.05) is 6.21 Å². The van der Waals surface area contributed by atoms with Crippen LogP contribution in [0, 0.1) is 24.0 Å². The zero-order valence-electron chi connectivity index (χ0n) is 14.7. The number of rotatable bonds is 5. The zero-order chi connectivity index (χ0) is 19.4. The van der Waals surface area contributed by atoms with E-state index in [9.17, 15) is 14.9 Å². The molecule has 0 saturated carbocycles. The summed E-state index contributed by atoms with van der Waals surface area (Å²) in [5, 5.41) is 10.6. The predicted molar refractivity (Wildman–Crippen MR) is 99.9 cm³/mol. The molecule has 0 amide bonds. The molecular weight excluding hydrogens is 348 g/mol. The fourth-order valence-corrected chi connectivity index (χ4v) is 2.33. The van der Waals surface area contributed by atoms with Gasteiger partial charge in [-0.25, -0.2) is 4.79 Å². The summed E-state index contributed by atoms with van der Waals surface area (Å²) < 4.78 is 9.96. The summed E-state index contributed by atoms with van der Waals surface area (Å²) >= 11 is 0. The maximum Gasteiger partial charge on any atom is 0.433 e. The molecule has 3 aromatic rings. The Morgan fingerprint density at radius 1 is 1.11 bits per heavy atom. The number of hydrogen-bond acceptors (Lipinski definition) is 6. The minimum atomic E-state index is -0.806. The van der Waals surface area contributed by atoms with Crippen molar-refractivity contribution in [1.29, 1.82) is 0 Å². The Morgan fingerprint density at radius 2 is 1.85 bits per heavy atom. The van der Waals surface area contributed by atoms with Crippen molar-refractivity contribution in [1.82, 2.24) is 0 Å². The molecule has 0 fully saturated rings. The molecule has 3 rings (SSSR count). The number of hydrogen-bond donors (Lipinski definition) is 0. The van der Waals surface area contributed by atoms with Crippen molar-refractivity contribution in [2.24, 2.45) is 4.99 Å². The quantitative estimate of drug-likeness (QED) is 0.214. The molecular formula is C20H16N2O5. The number of carbonyl (C=O) groups is 1. The molecule has 0 atom stereocenters. The lowest BCUT2D eigenvalue weighted by Crippen LogP contribution is -2.07. The van der Waals surface area contributed by atoms with Gasteiger partial charge >= 0.3 is 11.9 Å². The van der Waals surface area contributed by atoms with Crippen LogP contribution in [0.4, 0.5) is 11.6 Å². The third-order valence-electron chi connectivity index (χ3n) is 3.99. The van der Waals surface area contributed by atoms with E-state index >= 15 is 0 Å². The van der Waals surface area contributed by atoms with Crippen LogP contribution < -0.4 is 4.74 Å². The van der Waals surface area contributed by atoms with Crippen LogP contribution in [-0.4, -0.2) is 17.1 Å². The van der Waals surface area contributed by atoms with Crippen LogP contribution in [0.15, 0.2) is 64.0 Å². The Balaban J connectivity index is 1.68. The van der Waals surface area contributed by atoms with E-state index in [-0.39, 0.29) is 5.76 Å². The molecule has 7 nitrogen and oxygen atoms in total. The molecule has 7 heteroatoms. The second-order valence-corrected chi connectivity index (χ2v) is 5.83. The van der Waals surface area contributed by atoms with Crippen molar-refractivity contribution in [2.45, 2.75) is 13.8 Å². The lowest BCUT2D eigenvalue weighted by molar-refractivity contribution is -0.402. The molecule has 0 aliphatic heterocycles. The highest BCUT2D eigenvalue weighted by Crippen LogP contribution is 2.22. The van der Waals surface area contributed by atoms with E-state index in [1.165, 1.54) is 11.6 Å². The SMILES string of the molecule is Cc1cccc(N=Cc2ccc(OC(=O)c3ccc([N+](=O)[O-])o3)cc2)c1C.